The highest BCUT2D eigenvalue weighted by atomic mass is 16.6. The van der Waals surface area contributed by atoms with E-state index in [-0.39, 0.29) is 12.6 Å². The topological polar surface area (TPSA) is 93.7 Å². The minimum Gasteiger partial charge on any atom is -0.468 e. The molecule has 0 radical (unpaired) electrons. The van der Waals surface area contributed by atoms with Crippen molar-refractivity contribution in [2.24, 2.45) is 0 Å². The van der Waals surface area contributed by atoms with Crippen LogP contribution in [0.5, 0.6) is 0 Å². The lowest BCUT2D eigenvalue weighted by Gasteiger charge is -2.20. The van der Waals surface area contributed by atoms with Gasteiger partial charge in [-0.05, 0) is 27.7 Å². The summed E-state index contributed by atoms with van der Waals surface area (Å²) in [4.78, 5) is 33.6. The van der Waals surface area contributed by atoms with Gasteiger partial charge in [-0.2, -0.15) is 0 Å². The number of amides is 2. The Kier molecular flexibility index (Phi) is 7.35. The van der Waals surface area contributed by atoms with Crippen LogP contribution in [0.4, 0.5) is 4.79 Å². The van der Waals surface area contributed by atoms with Crippen LogP contribution < -0.4 is 10.6 Å². The van der Waals surface area contributed by atoms with Crippen LogP contribution in [0.1, 0.15) is 27.7 Å². The van der Waals surface area contributed by atoms with Crippen molar-refractivity contribution < 1.29 is 23.9 Å². The molecule has 0 saturated heterocycles. The maximum atomic E-state index is 11.4. The van der Waals surface area contributed by atoms with E-state index in [2.05, 4.69) is 15.4 Å². The maximum Gasteiger partial charge on any atom is 0.408 e. The summed E-state index contributed by atoms with van der Waals surface area (Å²) in [5.74, 6) is -0.986. The van der Waals surface area contributed by atoms with Crippen molar-refractivity contribution in [3.63, 3.8) is 0 Å². The summed E-state index contributed by atoms with van der Waals surface area (Å²) in [6.07, 6.45) is 2.14. The second-order valence-corrected chi connectivity index (χ2v) is 5.09. The Morgan fingerprint density at radius 2 is 1.85 bits per heavy atom. The van der Waals surface area contributed by atoms with E-state index in [4.69, 9.17) is 4.74 Å². The van der Waals surface area contributed by atoms with E-state index in [9.17, 15) is 14.4 Å². The molecule has 0 spiro atoms. The van der Waals surface area contributed by atoms with Gasteiger partial charge < -0.3 is 20.1 Å². The maximum absolute atomic E-state index is 11.4. The van der Waals surface area contributed by atoms with Crippen LogP contribution >= 0.6 is 0 Å². The summed E-state index contributed by atoms with van der Waals surface area (Å²) < 4.78 is 9.44. The number of alkyl carbamates (subject to hydrolysis) is 1. The minimum atomic E-state index is -0.578. The Hall–Kier alpha value is -2.05. The molecule has 1 atom stereocenters. The molecule has 2 amide bonds. The smallest absolute Gasteiger partial charge is 0.408 e. The lowest BCUT2D eigenvalue weighted by atomic mass is 10.2. The lowest BCUT2D eigenvalue weighted by Crippen LogP contribution is -2.37. The molecule has 0 aliphatic heterocycles. The Morgan fingerprint density at radius 3 is 2.35 bits per heavy atom. The number of carbonyl (C=O) groups excluding carboxylic acids is 3. The summed E-state index contributed by atoms with van der Waals surface area (Å²) in [5.41, 5.74) is -0.578. The van der Waals surface area contributed by atoms with Gasteiger partial charge in [-0.3, -0.25) is 9.59 Å². The van der Waals surface area contributed by atoms with Gasteiger partial charge in [-0.1, -0.05) is 6.08 Å². The summed E-state index contributed by atoms with van der Waals surface area (Å²) in [5, 5.41) is 4.88. The van der Waals surface area contributed by atoms with Crippen LogP contribution in [-0.4, -0.2) is 43.3 Å². The van der Waals surface area contributed by atoms with E-state index in [0.717, 1.165) is 0 Å². The van der Waals surface area contributed by atoms with E-state index in [1.807, 2.05) is 0 Å². The van der Waals surface area contributed by atoms with Crippen LogP contribution in [0, 0.1) is 0 Å². The van der Waals surface area contributed by atoms with Gasteiger partial charge in [-0.25, -0.2) is 4.79 Å². The fourth-order valence-corrected chi connectivity index (χ4v) is 1.06. The van der Waals surface area contributed by atoms with E-state index in [1.54, 1.807) is 27.7 Å². The highest BCUT2D eigenvalue weighted by Gasteiger charge is 2.16. The van der Waals surface area contributed by atoms with Gasteiger partial charge in [-0.15, -0.1) is 0 Å². The molecule has 0 heterocycles. The largest absolute Gasteiger partial charge is 0.468 e. The monoisotopic (exact) mass is 286 g/mol. The number of carbonyl (C=O) groups is 3. The number of hydrogen-bond donors (Lipinski definition) is 2. The van der Waals surface area contributed by atoms with Gasteiger partial charge >= 0.3 is 12.1 Å². The summed E-state index contributed by atoms with van der Waals surface area (Å²) >= 11 is 0. The molecule has 7 heteroatoms. The predicted molar refractivity (Wildman–Crippen MR) is 73.0 cm³/mol. The zero-order chi connectivity index (χ0) is 15.8. The summed E-state index contributed by atoms with van der Waals surface area (Å²) in [6.45, 7) is 6.76. The van der Waals surface area contributed by atoms with E-state index in [0.29, 0.717) is 0 Å². The number of nitrogens with one attached hydrogen (secondary N) is 2. The Balaban J connectivity index is 4.09. The molecular weight excluding hydrogens is 264 g/mol. The molecule has 0 fully saturated rings. The number of esters is 1. The Bertz CT molecular complexity index is 385. The average Bonchev–Trinajstić information content (AvgIpc) is 2.30. The first-order chi connectivity index (χ1) is 9.14. The van der Waals surface area contributed by atoms with Crippen molar-refractivity contribution in [3.05, 3.63) is 12.2 Å². The molecule has 20 heavy (non-hydrogen) atoms. The van der Waals surface area contributed by atoms with Gasteiger partial charge in [0.2, 0.25) is 5.91 Å². The normalized spacial score (nSPS) is 12.7. The predicted octanol–water partition coefficient (Wildman–Crippen LogP) is 0.745. The van der Waals surface area contributed by atoms with Crippen LogP contribution in [0.25, 0.3) is 0 Å². The van der Waals surface area contributed by atoms with E-state index < -0.39 is 23.6 Å². The molecule has 0 rings (SSSR count). The molecule has 2 N–H and O–H groups in total. The molecule has 1 unspecified atom stereocenters. The molecule has 0 saturated carbocycles. The number of methoxy groups -OCH3 is 1. The van der Waals surface area contributed by atoms with Gasteiger partial charge in [0.15, 0.2) is 0 Å². The molecule has 114 valence electrons. The average molecular weight is 286 g/mol. The van der Waals surface area contributed by atoms with Crippen molar-refractivity contribution in [1.82, 2.24) is 10.6 Å². The van der Waals surface area contributed by atoms with Gasteiger partial charge in [0.05, 0.1) is 7.11 Å². The molecule has 0 bridgehead atoms. The fourth-order valence-electron chi connectivity index (χ4n) is 1.06. The summed E-state index contributed by atoms with van der Waals surface area (Å²) in [6, 6.07) is -0.381. The SMILES string of the molecule is COC(=O)CNC(=O)/C=C/C(C)NC(=O)OC(C)(C)C. The third-order valence-electron chi connectivity index (χ3n) is 1.92. The third kappa shape index (κ3) is 9.93. The minimum absolute atomic E-state index is 0.201. The Labute approximate surface area is 118 Å². The first-order valence-electron chi connectivity index (χ1n) is 6.16. The fraction of sp³-hybridized carbons (Fsp3) is 0.615. The third-order valence-corrected chi connectivity index (χ3v) is 1.92. The molecule has 7 nitrogen and oxygen atoms in total. The van der Waals surface area contributed by atoms with Crippen molar-refractivity contribution in [1.29, 1.82) is 0 Å². The van der Waals surface area contributed by atoms with Crippen LogP contribution in [0.15, 0.2) is 12.2 Å². The van der Waals surface area contributed by atoms with Crippen LogP contribution in [0.3, 0.4) is 0 Å². The van der Waals surface area contributed by atoms with Gasteiger partial charge in [0.25, 0.3) is 0 Å². The molecule has 0 aliphatic carbocycles. The van der Waals surface area contributed by atoms with Crippen molar-refractivity contribution in [2.75, 3.05) is 13.7 Å². The first-order valence-corrected chi connectivity index (χ1v) is 6.16. The zero-order valence-corrected chi connectivity index (χ0v) is 12.5. The van der Waals surface area contributed by atoms with Crippen molar-refractivity contribution >= 4 is 18.0 Å². The second kappa shape index (κ2) is 8.19. The van der Waals surface area contributed by atoms with E-state index in [1.165, 1.54) is 19.3 Å². The lowest BCUT2D eigenvalue weighted by molar-refractivity contribution is -0.140. The number of rotatable bonds is 5. The van der Waals surface area contributed by atoms with Crippen molar-refractivity contribution in [3.8, 4) is 0 Å². The molecule has 0 aromatic carbocycles. The zero-order valence-electron chi connectivity index (χ0n) is 12.5. The molecule has 0 aliphatic rings. The van der Waals surface area contributed by atoms with Crippen molar-refractivity contribution in [2.45, 2.75) is 39.3 Å². The van der Waals surface area contributed by atoms with Crippen LogP contribution in [0.2, 0.25) is 0 Å². The molecular formula is C13H22N2O5. The number of hydrogen-bond acceptors (Lipinski definition) is 5. The van der Waals surface area contributed by atoms with Crippen LogP contribution in [-0.2, 0) is 19.1 Å². The molecule has 0 aromatic heterocycles. The number of ether oxygens (including phenoxy) is 2. The Morgan fingerprint density at radius 1 is 1.25 bits per heavy atom. The highest BCUT2D eigenvalue weighted by molar-refractivity contribution is 5.90. The van der Waals surface area contributed by atoms with Gasteiger partial charge in [0.1, 0.15) is 12.1 Å². The van der Waals surface area contributed by atoms with Gasteiger partial charge in [0, 0.05) is 12.1 Å². The molecule has 0 aromatic rings. The first kappa shape index (κ1) is 17.9. The summed E-state index contributed by atoms with van der Waals surface area (Å²) in [7, 11) is 1.23. The standard InChI is InChI=1S/C13H22N2O5/c1-9(15-12(18)20-13(2,3)4)6-7-10(16)14-8-11(17)19-5/h6-7,9H,8H2,1-5H3,(H,14,16)(H,15,18)/b7-6+. The van der Waals surface area contributed by atoms with E-state index >= 15 is 0 Å². The quantitative estimate of drug-likeness (QED) is 0.574. The second-order valence-electron chi connectivity index (χ2n) is 5.09. The highest BCUT2D eigenvalue weighted by Crippen LogP contribution is 2.06.